The standard InChI is InChI=1S/C20H19F3N4O3/c21-20(22,23)12-30-19-17(14-3-1-13(10-24)2-4-14)9-15(11-25-19)18(29)26-27-7-5-16(28)6-8-27/h1-4,9,11,16,28H,5-8,12H2,(H,26,29). The summed E-state index contributed by atoms with van der Waals surface area (Å²) >= 11 is 0. The van der Waals surface area contributed by atoms with Crippen molar-refractivity contribution in [2.45, 2.75) is 25.1 Å². The molecule has 0 radical (unpaired) electrons. The van der Waals surface area contributed by atoms with Crippen LogP contribution in [0.2, 0.25) is 0 Å². The molecule has 1 amide bonds. The molecule has 1 aromatic carbocycles. The fraction of sp³-hybridized carbons (Fsp3) is 0.350. The Hall–Kier alpha value is -3.16. The lowest BCUT2D eigenvalue weighted by Crippen LogP contribution is -2.47. The monoisotopic (exact) mass is 420 g/mol. The molecule has 1 aliphatic heterocycles. The van der Waals surface area contributed by atoms with Crippen molar-refractivity contribution in [2.24, 2.45) is 0 Å². The average molecular weight is 420 g/mol. The predicted octanol–water partition coefficient (Wildman–Crippen LogP) is 2.66. The normalized spacial score (nSPS) is 15.4. The van der Waals surface area contributed by atoms with Crippen molar-refractivity contribution in [2.75, 3.05) is 19.7 Å². The molecular weight excluding hydrogens is 401 g/mol. The third-order valence-electron chi connectivity index (χ3n) is 4.54. The van der Waals surface area contributed by atoms with Gasteiger partial charge in [-0.25, -0.2) is 9.99 Å². The quantitative estimate of drug-likeness (QED) is 0.772. The molecule has 2 heterocycles. The van der Waals surface area contributed by atoms with Gasteiger partial charge in [0.15, 0.2) is 6.61 Å². The molecule has 0 bridgehead atoms. The summed E-state index contributed by atoms with van der Waals surface area (Å²) in [5, 5.41) is 20.2. The fourth-order valence-electron chi connectivity index (χ4n) is 2.96. The first kappa shape index (κ1) is 21.5. The zero-order valence-corrected chi connectivity index (χ0v) is 15.8. The van der Waals surface area contributed by atoms with E-state index in [1.807, 2.05) is 6.07 Å². The Morgan fingerprint density at radius 2 is 1.97 bits per heavy atom. The number of nitriles is 1. The van der Waals surface area contributed by atoms with Crippen molar-refractivity contribution in [3.8, 4) is 23.1 Å². The van der Waals surface area contributed by atoms with Gasteiger partial charge in [-0.3, -0.25) is 10.2 Å². The number of rotatable bonds is 5. The van der Waals surface area contributed by atoms with Crippen LogP contribution in [0.1, 0.15) is 28.8 Å². The molecule has 1 aliphatic rings. The Morgan fingerprint density at radius 3 is 2.57 bits per heavy atom. The first-order chi connectivity index (χ1) is 14.2. The number of pyridine rings is 1. The molecule has 7 nitrogen and oxygen atoms in total. The van der Waals surface area contributed by atoms with Gasteiger partial charge >= 0.3 is 6.18 Å². The summed E-state index contributed by atoms with van der Waals surface area (Å²) < 4.78 is 42.6. The highest BCUT2D eigenvalue weighted by Crippen LogP contribution is 2.30. The molecule has 2 aromatic rings. The molecule has 30 heavy (non-hydrogen) atoms. The highest BCUT2D eigenvalue weighted by molar-refractivity contribution is 5.95. The Labute approximate surface area is 170 Å². The van der Waals surface area contributed by atoms with Gasteiger partial charge in [-0.2, -0.15) is 18.4 Å². The number of hydrogen-bond acceptors (Lipinski definition) is 6. The van der Waals surface area contributed by atoms with Crippen LogP contribution < -0.4 is 10.2 Å². The number of benzene rings is 1. The summed E-state index contributed by atoms with van der Waals surface area (Å²) in [5.74, 6) is -0.745. The van der Waals surface area contributed by atoms with Crippen molar-refractivity contribution < 1.29 is 27.8 Å². The average Bonchev–Trinajstić information content (AvgIpc) is 2.73. The number of hydrazine groups is 1. The van der Waals surface area contributed by atoms with Crippen LogP contribution >= 0.6 is 0 Å². The molecule has 10 heteroatoms. The molecule has 0 unspecified atom stereocenters. The third-order valence-corrected chi connectivity index (χ3v) is 4.54. The minimum absolute atomic E-state index is 0.139. The summed E-state index contributed by atoms with van der Waals surface area (Å²) in [4.78, 5) is 16.5. The van der Waals surface area contributed by atoms with Gasteiger partial charge in [-0.1, -0.05) is 12.1 Å². The smallest absolute Gasteiger partial charge is 0.422 e. The van der Waals surface area contributed by atoms with Gasteiger partial charge in [0.1, 0.15) is 0 Å². The summed E-state index contributed by atoms with van der Waals surface area (Å²) in [6, 6.07) is 9.47. The number of halogens is 3. The number of nitrogens with one attached hydrogen (secondary N) is 1. The zero-order chi connectivity index (χ0) is 21.7. The first-order valence-electron chi connectivity index (χ1n) is 9.19. The molecule has 1 aromatic heterocycles. The van der Waals surface area contributed by atoms with Gasteiger partial charge < -0.3 is 9.84 Å². The van der Waals surface area contributed by atoms with Crippen LogP contribution in [0.15, 0.2) is 36.5 Å². The van der Waals surface area contributed by atoms with Crippen LogP contribution in [0.4, 0.5) is 13.2 Å². The van der Waals surface area contributed by atoms with Gasteiger partial charge in [-0.15, -0.1) is 0 Å². The number of aliphatic hydroxyl groups excluding tert-OH is 1. The summed E-state index contributed by atoms with van der Waals surface area (Å²) in [7, 11) is 0. The molecular formula is C20H19F3N4O3. The molecule has 2 N–H and O–H groups in total. The lowest BCUT2D eigenvalue weighted by Gasteiger charge is -2.29. The number of ether oxygens (including phenoxy) is 1. The predicted molar refractivity (Wildman–Crippen MR) is 100 cm³/mol. The van der Waals surface area contributed by atoms with Gasteiger partial charge in [0, 0.05) is 24.8 Å². The van der Waals surface area contributed by atoms with E-state index in [4.69, 9.17) is 10.00 Å². The molecule has 158 valence electrons. The number of nitrogens with zero attached hydrogens (tertiary/aromatic N) is 3. The van der Waals surface area contributed by atoms with Crippen LogP contribution in [-0.4, -0.2) is 53.0 Å². The van der Waals surface area contributed by atoms with Gasteiger partial charge in [0.05, 0.1) is 23.3 Å². The second-order valence-electron chi connectivity index (χ2n) is 6.83. The number of amides is 1. The lowest BCUT2D eigenvalue weighted by atomic mass is 10.0. The van der Waals surface area contributed by atoms with Crippen LogP contribution in [0.5, 0.6) is 5.88 Å². The second-order valence-corrected chi connectivity index (χ2v) is 6.83. The summed E-state index contributed by atoms with van der Waals surface area (Å²) in [6.45, 7) is -0.559. The maximum absolute atomic E-state index is 12.6. The van der Waals surface area contributed by atoms with Gasteiger partial charge in [0.25, 0.3) is 5.91 Å². The Morgan fingerprint density at radius 1 is 1.30 bits per heavy atom. The highest BCUT2D eigenvalue weighted by Gasteiger charge is 2.29. The zero-order valence-electron chi connectivity index (χ0n) is 15.8. The van der Waals surface area contributed by atoms with Gasteiger partial charge in [0.2, 0.25) is 5.88 Å². The molecule has 0 atom stereocenters. The van der Waals surface area contributed by atoms with Crippen molar-refractivity contribution in [1.82, 2.24) is 15.4 Å². The second kappa shape index (κ2) is 9.11. The number of alkyl halides is 3. The SMILES string of the molecule is N#Cc1ccc(-c2cc(C(=O)NN3CCC(O)CC3)cnc2OCC(F)(F)F)cc1. The Bertz CT molecular complexity index is 934. The number of aliphatic hydroxyl groups is 1. The van der Waals surface area contributed by atoms with E-state index in [0.717, 1.165) is 6.20 Å². The van der Waals surface area contributed by atoms with E-state index in [1.54, 1.807) is 17.1 Å². The lowest BCUT2D eigenvalue weighted by molar-refractivity contribution is -0.154. The summed E-state index contributed by atoms with van der Waals surface area (Å²) in [5.41, 5.74) is 3.88. The summed E-state index contributed by atoms with van der Waals surface area (Å²) in [6.07, 6.45) is -2.74. The van der Waals surface area contributed by atoms with Crippen molar-refractivity contribution in [3.63, 3.8) is 0 Å². The number of hydrogen-bond donors (Lipinski definition) is 2. The minimum Gasteiger partial charge on any atom is -0.468 e. The Balaban J connectivity index is 1.86. The molecule has 0 spiro atoms. The van der Waals surface area contributed by atoms with Crippen LogP contribution in [0.3, 0.4) is 0 Å². The highest BCUT2D eigenvalue weighted by atomic mass is 19.4. The molecule has 0 saturated carbocycles. The Kier molecular flexibility index (Phi) is 6.54. The van der Waals surface area contributed by atoms with E-state index in [0.29, 0.717) is 37.1 Å². The van der Waals surface area contributed by atoms with Crippen LogP contribution in [-0.2, 0) is 0 Å². The van der Waals surface area contributed by atoms with E-state index in [2.05, 4.69) is 10.4 Å². The van der Waals surface area contributed by atoms with E-state index in [1.165, 1.54) is 18.2 Å². The van der Waals surface area contributed by atoms with E-state index < -0.39 is 24.8 Å². The third kappa shape index (κ3) is 5.68. The molecule has 1 fully saturated rings. The van der Waals surface area contributed by atoms with Crippen LogP contribution in [0, 0.1) is 11.3 Å². The van der Waals surface area contributed by atoms with E-state index in [-0.39, 0.29) is 17.0 Å². The largest absolute Gasteiger partial charge is 0.468 e. The van der Waals surface area contributed by atoms with Crippen molar-refractivity contribution >= 4 is 5.91 Å². The van der Waals surface area contributed by atoms with Crippen molar-refractivity contribution in [1.29, 1.82) is 5.26 Å². The molecule has 0 aliphatic carbocycles. The first-order valence-corrected chi connectivity index (χ1v) is 9.19. The number of aromatic nitrogens is 1. The molecule has 3 rings (SSSR count). The van der Waals surface area contributed by atoms with E-state index in [9.17, 15) is 23.1 Å². The van der Waals surface area contributed by atoms with Gasteiger partial charge in [-0.05, 0) is 36.6 Å². The minimum atomic E-state index is -4.54. The molecule has 1 saturated heterocycles. The van der Waals surface area contributed by atoms with Crippen molar-refractivity contribution in [3.05, 3.63) is 47.7 Å². The maximum atomic E-state index is 12.6. The topological polar surface area (TPSA) is 98.5 Å². The van der Waals surface area contributed by atoms with E-state index >= 15 is 0 Å². The number of carbonyl (C=O) groups is 1. The number of carbonyl (C=O) groups excluding carboxylic acids is 1. The maximum Gasteiger partial charge on any atom is 0.422 e. The van der Waals surface area contributed by atoms with Crippen LogP contribution in [0.25, 0.3) is 11.1 Å². The number of piperidine rings is 1. The fourth-order valence-corrected chi connectivity index (χ4v) is 2.96.